The van der Waals surface area contributed by atoms with Crippen LogP contribution in [0, 0.1) is 11.3 Å². The number of anilines is 1. The van der Waals surface area contributed by atoms with Crippen molar-refractivity contribution in [3.63, 3.8) is 0 Å². The van der Waals surface area contributed by atoms with Crippen molar-refractivity contribution in [3.05, 3.63) is 83.4 Å². The highest BCUT2D eigenvalue weighted by molar-refractivity contribution is 7.48. The number of ether oxygens (including phenoxy) is 1. The molecule has 2 heterocycles. The maximum atomic E-state index is 13.9. The summed E-state index contributed by atoms with van der Waals surface area (Å²) in [5.74, 6) is -0.382. The first-order chi connectivity index (χ1) is 20.1. The summed E-state index contributed by atoms with van der Waals surface area (Å²) in [6.45, 7) is 5.46. The highest BCUT2D eigenvalue weighted by atomic mass is 35.5. The topological polar surface area (TPSA) is 127 Å². The van der Waals surface area contributed by atoms with E-state index in [1.807, 2.05) is 60.7 Å². The van der Waals surface area contributed by atoms with E-state index in [1.54, 1.807) is 38.7 Å². The molecule has 1 unspecified atom stereocenters. The summed E-state index contributed by atoms with van der Waals surface area (Å²) < 4.78 is 38.7. The minimum absolute atomic E-state index is 0.0188. The number of hydrogen-bond donors (Lipinski definition) is 1. The monoisotopic (exact) mass is 615 g/mol. The van der Waals surface area contributed by atoms with Gasteiger partial charge >= 0.3 is 13.8 Å². The first-order valence-corrected chi connectivity index (χ1v) is 15.2. The summed E-state index contributed by atoms with van der Waals surface area (Å²) in [5.41, 5.74) is 1.92. The van der Waals surface area contributed by atoms with Crippen molar-refractivity contribution in [2.24, 2.45) is 11.3 Å². The van der Waals surface area contributed by atoms with Crippen LogP contribution in [0.25, 0.3) is 11.2 Å². The molecule has 4 rings (SSSR count). The number of rotatable bonds is 14. The Morgan fingerprint density at radius 2 is 1.55 bits per heavy atom. The van der Waals surface area contributed by atoms with Crippen LogP contribution in [-0.2, 0) is 47.4 Å². The van der Waals surface area contributed by atoms with Crippen LogP contribution < -0.4 is 5.32 Å². The van der Waals surface area contributed by atoms with Gasteiger partial charge in [-0.15, -0.1) is 0 Å². The van der Waals surface area contributed by atoms with Crippen molar-refractivity contribution in [3.8, 4) is 0 Å². The Morgan fingerprint density at radius 1 is 0.952 bits per heavy atom. The quantitative estimate of drug-likeness (QED) is 0.0982. The normalized spacial score (nSPS) is 12.8. The third-order valence-corrected chi connectivity index (χ3v) is 7.65. The molecule has 1 atom stereocenters. The summed E-state index contributed by atoms with van der Waals surface area (Å²) in [6, 6.07) is 18.6. The van der Waals surface area contributed by atoms with Crippen molar-refractivity contribution >= 4 is 42.4 Å². The predicted octanol–water partition coefficient (Wildman–Crippen LogP) is 6.29. The van der Waals surface area contributed by atoms with Crippen LogP contribution in [0.1, 0.15) is 31.9 Å². The molecule has 13 heteroatoms. The molecule has 0 saturated carbocycles. The van der Waals surface area contributed by atoms with Gasteiger partial charge in [0.25, 0.3) is 0 Å². The summed E-state index contributed by atoms with van der Waals surface area (Å²) >= 11 is 6.15. The number of halogens is 1. The highest BCUT2D eigenvalue weighted by Gasteiger charge is 2.31. The lowest BCUT2D eigenvalue weighted by atomic mass is 9.97. The zero-order valence-electron chi connectivity index (χ0n) is 24.0. The number of esters is 1. The fourth-order valence-electron chi connectivity index (χ4n) is 3.83. The van der Waals surface area contributed by atoms with Crippen LogP contribution in [0.15, 0.2) is 67.0 Å². The second kappa shape index (κ2) is 14.2. The Kier molecular flexibility index (Phi) is 10.7. The number of nitrogens with zero attached hydrogens (tertiary/aromatic N) is 4. The molecule has 2 aromatic heterocycles. The van der Waals surface area contributed by atoms with Gasteiger partial charge in [0.1, 0.15) is 0 Å². The second-order valence-corrected chi connectivity index (χ2v) is 12.6. The first-order valence-electron chi connectivity index (χ1n) is 13.4. The number of nitrogens with one attached hydrogen (secondary N) is 1. The van der Waals surface area contributed by atoms with E-state index in [2.05, 4.69) is 20.3 Å². The zero-order valence-corrected chi connectivity index (χ0v) is 25.7. The van der Waals surface area contributed by atoms with Crippen LogP contribution in [0.5, 0.6) is 0 Å². The Hall–Kier alpha value is -3.34. The standard InChI is InChI=1S/C29H35ClN5O6P/c1-29(2,3)27(36)38-16-23(15-35-20-32-24-25(31-4)33-28(30)34-26(24)35)19-41-42(37,39-17-21-11-7-5-8-12-21)40-18-22-13-9-6-10-14-22/h5-14,20,23H,15-19H2,1-4H3,(H,31,33,34). The Balaban J connectivity index is 1.55. The summed E-state index contributed by atoms with van der Waals surface area (Å²) in [7, 11) is -2.35. The van der Waals surface area contributed by atoms with Crippen molar-refractivity contribution in [1.82, 2.24) is 19.5 Å². The molecule has 1 N–H and O–H groups in total. The van der Waals surface area contributed by atoms with Crippen LogP contribution in [0.4, 0.5) is 5.82 Å². The summed E-state index contributed by atoms with van der Waals surface area (Å²) in [5, 5.41) is 3.01. The molecule has 0 radical (unpaired) electrons. The molecule has 11 nitrogen and oxygen atoms in total. The summed E-state index contributed by atoms with van der Waals surface area (Å²) in [4.78, 5) is 25.5. The average Bonchev–Trinajstić information content (AvgIpc) is 3.38. The van der Waals surface area contributed by atoms with Crippen LogP contribution in [0.2, 0.25) is 5.28 Å². The van der Waals surface area contributed by atoms with E-state index >= 15 is 0 Å². The third kappa shape index (κ3) is 8.83. The van der Waals surface area contributed by atoms with E-state index in [4.69, 9.17) is 29.9 Å². The number of phosphoric acid groups is 1. The van der Waals surface area contributed by atoms with Gasteiger partial charge in [0.05, 0.1) is 38.2 Å². The largest absolute Gasteiger partial charge is 0.475 e. The lowest BCUT2D eigenvalue weighted by Crippen LogP contribution is -2.28. The minimum atomic E-state index is -4.06. The number of phosphoric ester groups is 1. The van der Waals surface area contributed by atoms with Gasteiger partial charge in [0, 0.05) is 19.5 Å². The van der Waals surface area contributed by atoms with Crippen molar-refractivity contribution in [2.75, 3.05) is 25.6 Å². The van der Waals surface area contributed by atoms with Crippen LogP contribution >= 0.6 is 19.4 Å². The number of hydrogen-bond acceptors (Lipinski definition) is 10. The van der Waals surface area contributed by atoms with Crippen LogP contribution in [-0.4, -0.2) is 45.7 Å². The minimum Gasteiger partial charge on any atom is -0.465 e. The Labute approximate surface area is 250 Å². The molecular weight excluding hydrogens is 581 g/mol. The molecule has 4 aromatic rings. The molecule has 0 aliphatic carbocycles. The number of imidazole rings is 1. The molecule has 2 aromatic carbocycles. The van der Waals surface area contributed by atoms with Gasteiger partial charge in [-0.05, 0) is 43.5 Å². The lowest BCUT2D eigenvalue weighted by molar-refractivity contribution is -0.154. The van der Waals surface area contributed by atoms with Gasteiger partial charge in [0.15, 0.2) is 17.0 Å². The molecule has 0 spiro atoms. The lowest BCUT2D eigenvalue weighted by Gasteiger charge is -2.24. The molecule has 0 aliphatic rings. The van der Waals surface area contributed by atoms with E-state index < -0.39 is 19.2 Å². The number of carbonyl (C=O) groups is 1. The smallest absolute Gasteiger partial charge is 0.465 e. The van der Waals surface area contributed by atoms with E-state index in [0.717, 1.165) is 11.1 Å². The predicted molar refractivity (Wildman–Crippen MR) is 160 cm³/mol. The number of aromatic nitrogens is 4. The van der Waals surface area contributed by atoms with Gasteiger partial charge in [-0.2, -0.15) is 9.97 Å². The molecule has 0 saturated heterocycles. The zero-order chi connectivity index (χ0) is 30.2. The van der Waals surface area contributed by atoms with Gasteiger partial charge in [-0.1, -0.05) is 60.7 Å². The molecule has 0 bridgehead atoms. The Morgan fingerprint density at radius 3 is 2.10 bits per heavy atom. The van der Waals surface area contributed by atoms with Crippen LogP contribution in [0.3, 0.4) is 0 Å². The number of carbonyl (C=O) groups excluding carboxylic acids is 1. The fourth-order valence-corrected chi connectivity index (χ4v) is 5.23. The maximum Gasteiger partial charge on any atom is 0.475 e. The first kappa shape index (κ1) is 31.6. The van der Waals surface area contributed by atoms with E-state index in [1.165, 1.54) is 0 Å². The average molecular weight is 616 g/mol. The van der Waals surface area contributed by atoms with Crippen molar-refractivity contribution < 1.29 is 27.7 Å². The highest BCUT2D eigenvalue weighted by Crippen LogP contribution is 2.51. The number of benzene rings is 2. The second-order valence-electron chi connectivity index (χ2n) is 10.6. The van der Waals surface area contributed by atoms with E-state index in [9.17, 15) is 9.36 Å². The molecule has 0 amide bonds. The van der Waals surface area contributed by atoms with Crippen molar-refractivity contribution in [1.29, 1.82) is 0 Å². The summed E-state index contributed by atoms with van der Waals surface area (Å²) in [6.07, 6.45) is 1.59. The maximum absolute atomic E-state index is 13.9. The molecule has 42 heavy (non-hydrogen) atoms. The van der Waals surface area contributed by atoms with E-state index in [-0.39, 0.29) is 44.2 Å². The molecule has 224 valence electrons. The molecule has 0 fully saturated rings. The van der Waals surface area contributed by atoms with E-state index in [0.29, 0.717) is 17.0 Å². The van der Waals surface area contributed by atoms with Crippen molar-refractivity contribution in [2.45, 2.75) is 40.5 Å². The van der Waals surface area contributed by atoms with Gasteiger partial charge < -0.3 is 14.6 Å². The molecular formula is C29H35ClN5O6P. The number of fused-ring (bicyclic) bond motifs is 1. The van der Waals surface area contributed by atoms with Gasteiger partial charge in [-0.3, -0.25) is 18.4 Å². The molecule has 0 aliphatic heterocycles. The van der Waals surface area contributed by atoms with Gasteiger partial charge in [0.2, 0.25) is 5.28 Å². The SMILES string of the molecule is CNc1nc(Cl)nc2c1ncn2CC(COC(=O)C(C)(C)C)COP(=O)(OCc1ccccc1)OCc1ccccc1. The third-order valence-electron chi connectivity index (χ3n) is 6.12. The fraction of sp³-hybridized carbons (Fsp3) is 0.379. The van der Waals surface area contributed by atoms with Gasteiger partial charge in [-0.25, -0.2) is 9.55 Å². The Bertz CT molecular complexity index is 1470.